The van der Waals surface area contributed by atoms with Gasteiger partial charge in [0.15, 0.2) is 5.78 Å². The molecule has 2 aromatic carbocycles. The van der Waals surface area contributed by atoms with Crippen LogP contribution in [0.15, 0.2) is 48.5 Å². The summed E-state index contributed by atoms with van der Waals surface area (Å²) in [5.41, 5.74) is 11.6. The number of carbonyl (C=O) groups is 1. The highest BCUT2D eigenvalue weighted by molar-refractivity contribution is 6.08. The molecule has 0 aliphatic rings. The highest BCUT2D eigenvalue weighted by Crippen LogP contribution is 2.21. The van der Waals surface area contributed by atoms with Crippen LogP contribution in [0.4, 0.5) is 0 Å². The average Bonchev–Trinajstić information content (AvgIpc) is 2.38. The molecular formula is C18H19NO. The molecule has 0 unspecified atom stereocenters. The third-order valence-electron chi connectivity index (χ3n) is 3.31. The monoisotopic (exact) mass is 265 g/mol. The number of aryl methyl sites for hydroxylation is 3. The summed E-state index contributed by atoms with van der Waals surface area (Å²) in [5, 5.41) is 0. The van der Waals surface area contributed by atoms with Crippen LogP contribution in [0.2, 0.25) is 0 Å². The molecule has 0 fully saturated rings. The van der Waals surface area contributed by atoms with Crippen molar-refractivity contribution in [2.75, 3.05) is 0 Å². The fourth-order valence-corrected chi connectivity index (χ4v) is 2.53. The Labute approximate surface area is 119 Å². The van der Waals surface area contributed by atoms with Crippen molar-refractivity contribution in [1.82, 2.24) is 0 Å². The lowest BCUT2D eigenvalue weighted by Crippen LogP contribution is -2.06. The van der Waals surface area contributed by atoms with Crippen LogP contribution in [0.5, 0.6) is 0 Å². The lowest BCUT2D eigenvalue weighted by Gasteiger charge is -2.11. The Hall–Kier alpha value is -2.35. The second-order valence-electron chi connectivity index (χ2n) is 5.10. The zero-order valence-electron chi connectivity index (χ0n) is 12.1. The summed E-state index contributed by atoms with van der Waals surface area (Å²) < 4.78 is 0. The van der Waals surface area contributed by atoms with E-state index in [2.05, 4.69) is 19.1 Å². The fraction of sp³-hybridized carbons (Fsp3) is 0.167. The topological polar surface area (TPSA) is 43.1 Å². The Balaban J connectivity index is 2.39. The molecule has 0 aliphatic heterocycles. The number of rotatable bonds is 3. The quantitative estimate of drug-likeness (QED) is 0.677. The van der Waals surface area contributed by atoms with E-state index in [1.165, 1.54) is 11.6 Å². The van der Waals surface area contributed by atoms with Gasteiger partial charge < -0.3 is 5.73 Å². The van der Waals surface area contributed by atoms with Crippen molar-refractivity contribution in [3.63, 3.8) is 0 Å². The third-order valence-corrected chi connectivity index (χ3v) is 3.31. The van der Waals surface area contributed by atoms with E-state index >= 15 is 0 Å². The molecule has 102 valence electrons. The Morgan fingerprint density at radius 3 is 2.10 bits per heavy atom. The van der Waals surface area contributed by atoms with Gasteiger partial charge in [-0.05, 0) is 31.9 Å². The molecule has 2 N–H and O–H groups in total. The van der Waals surface area contributed by atoms with Gasteiger partial charge >= 0.3 is 0 Å². The summed E-state index contributed by atoms with van der Waals surface area (Å²) in [5.74, 6) is -0.0672. The van der Waals surface area contributed by atoms with Gasteiger partial charge in [-0.15, -0.1) is 0 Å². The van der Waals surface area contributed by atoms with Gasteiger partial charge in [0.2, 0.25) is 0 Å². The molecule has 20 heavy (non-hydrogen) atoms. The van der Waals surface area contributed by atoms with Crippen LogP contribution in [0.3, 0.4) is 0 Å². The van der Waals surface area contributed by atoms with Gasteiger partial charge in [-0.1, -0.05) is 48.0 Å². The highest BCUT2D eigenvalue weighted by atomic mass is 16.1. The third kappa shape index (κ3) is 2.97. The standard InChI is InChI=1S/C18H19NO/c1-12-9-13(2)18(14(3)10-12)16(19)11-17(20)15-7-5-4-6-8-15/h4-11H,19H2,1-3H3/b16-11-. The molecule has 0 heterocycles. The highest BCUT2D eigenvalue weighted by Gasteiger charge is 2.09. The molecule has 0 aliphatic carbocycles. The first-order chi connectivity index (χ1) is 9.49. The maximum atomic E-state index is 12.2. The summed E-state index contributed by atoms with van der Waals surface area (Å²) in [6, 6.07) is 13.3. The molecule has 2 nitrogen and oxygen atoms in total. The number of hydrogen-bond acceptors (Lipinski definition) is 2. The lowest BCUT2D eigenvalue weighted by atomic mass is 9.96. The number of ketones is 1. The van der Waals surface area contributed by atoms with Gasteiger partial charge in [-0.2, -0.15) is 0 Å². The van der Waals surface area contributed by atoms with Gasteiger partial charge in [-0.25, -0.2) is 0 Å². The van der Waals surface area contributed by atoms with Crippen molar-refractivity contribution in [1.29, 1.82) is 0 Å². The number of nitrogens with two attached hydrogens (primary N) is 1. The Bertz CT molecular complexity index is 646. The van der Waals surface area contributed by atoms with Crippen molar-refractivity contribution >= 4 is 11.5 Å². The van der Waals surface area contributed by atoms with Gasteiger partial charge in [0.25, 0.3) is 0 Å². The fourth-order valence-electron chi connectivity index (χ4n) is 2.53. The SMILES string of the molecule is Cc1cc(C)c(/C(N)=C/C(=O)c2ccccc2)c(C)c1. The van der Waals surface area contributed by atoms with Crippen molar-refractivity contribution in [3.8, 4) is 0 Å². The molecule has 0 atom stereocenters. The van der Waals surface area contributed by atoms with E-state index in [0.717, 1.165) is 16.7 Å². The van der Waals surface area contributed by atoms with E-state index in [-0.39, 0.29) is 5.78 Å². The van der Waals surface area contributed by atoms with Crippen LogP contribution in [0.25, 0.3) is 5.70 Å². The normalized spacial score (nSPS) is 11.4. The van der Waals surface area contributed by atoms with Crippen LogP contribution < -0.4 is 5.73 Å². The van der Waals surface area contributed by atoms with Crippen LogP contribution in [-0.2, 0) is 0 Å². The molecule has 2 rings (SSSR count). The average molecular weight is 265 g/mol. The predicted octanol–water partition coefficient (Wildman–Crippen LogP) is 3.79. The van der Waals surface area contributed by atoms with Crippen LogP contribution in [-0.4, -0.2) is 5.78 Å². The molecule has 0 bridgehead atoms. The first-order valence-electron chi connectivity index (χ1n) is 6.64. The largest absolute Gasteiger partial charge is 0.398 e. The molecule has 0 radical (unpaired) electrons. The maximum absolute atomic E-state index is 12.2. The molecule has 0 saturated carbocycles. The Kier molecular flexibility index (Phi) is 4.04. The Morgan fingerprint density at radius 2 is 1.55 bits per heavy atom. The van der Waals surface area contributed by atoms with E-state index in [9.17, 15) is 4.79 Å². The van der Waals surface area contributed by atoms with Crippen molar-refractivity contribution < 1.29 is 4.79 Å². The Morgan fingerprint density at radius 1 is 1.00 bits per heavy atom. The van der Waals surface area contributed by atoms with Crippen LogP contribution in [0, 0.1) is 20.8 Å². The molecular weight excluding hydrogens is 246 g/mol. The number of benzene rings is 2. The summed E-state index contributed by atoms with van der Waals surface area (Å²) >= 11 is 0. The second-order valence-corrected chi connectivity index (χ2v) is 5.10. The summed E-state index contributed by atoms with van der Waals surface area (Å²) in [6.07, 6.45) is 1.51. The molecule has 0 aromatic heterocycles. The van der Waals surface area contributed by atoms with E-state index in [1.807, 2.05) is 32.0 Å². The molecule has 0 amide bonds. The van der Waals surface area contributed by atoms with E-state index in [0.29, 0.717) is 11.3 Å². The zero-order valence-corrected chi connectivity index (χ0v) is 12.1. The van der Waals surface area contributed by atoms with Gasteiger partial charge in [-0.3, -0.25) is 4.79 Å². The van der Waals surface area contributed by atoms with E-state index in [4.69, 9.17) is 5.73 Å². The minimum Gasteiger partial charge on any atom is -0.398 e. The van der Waals surface area contributed by atoms with Crippen LogP contribution >= 0.6 is 0 Å². The second kappa shape index (κ2) is 5.74. The van der Waals surface area contributed by atoms with Gasteiger partial charge in [0, 0.05) is 22.9 Å². The molecule has 0 spiro atoms. The minimum absolute atomic E-state index is 0.0672. The van der Waals surface area contributed by atoms with Crippen molar-refractivity contribution in [2.24, 2.45) is 5.73 Å². The molecule has 0 saturated heterocycles. The van der Waals surface area contributed by atoms with E-state index < -0.39 is 0 Å². The van der Waals surface area contributed by atoms with Crippen molar-refractivity contribution in [2.45, 2.75) is 20.8 Å². The zero-order chi connectivity index (χ0) is 14.7. The number of hydrogen-bond donors (Lipinski definition) is 1. The summed E-state index contributed by atoms with van der Waals surface area (Å²) in [6.45, 7) is 6.09. The van der Waals surface area contributed by atoms with E-state index in [1.54, 1.807) is 12.1 Å². The lowest BCUT2D eigenvalue weighted by molar-refractivity contribution is 0.104. The summed E-state index contributed by atoms with van der Waals surface area (Å²) in [4.78, 5) is 12.2. The summed E-state index contributed by atoms with van der Waals surface area (Å²) in [7, 11) is 0. The number of allylic oxidation sites excluding steroid dienone is 1. The maximum Gasteiger partial charge on any atom is 0.187 e. The van der Waals surface area contributed by atoms with Crippen molar-refractivity contribution in [3.05, 3.63) is 76.4 Å². The smallest absolute Gasteiger partial charge is 0.187 e. The van der Waals surface area contributed by atoms with Gasteiger partial charge in [0.1, 0.15) is 0 Å². The predicted molar refractivity (Wildman–Crippen MR) is 83.6 cm³/mol. The first-order valence-corrected chi connectivity index (χ1v) is 6.64. The first kappa shape index (κ1) is 14.1. The molecule has 2 aromatic rings. The van der Waals surface area contributed by atoms with Gasteiger partial charge in [0.05, 0.1) is 0 Å². The van der Waals surface area contributed by atoms with Crippen LogP contribution in [0.1, 0.15) is 32.6 Å². The molecule has 2 heteroatoms. The minimum atomic E-state index is -0.0672. The number of carbonyl (C=O) groups excluding carboxylic acids is 1.